The first-order valence-corrected chi connectivity index (χ1v) is 5.30. The summed E-state index contributed by atoms with van der Waals surface area (Å²) in [6.45, 7) is 1.81. The van der Waals surface area contributed by atoms with Crippen molar-refractivity contribution in [3.8, 4) is 6.07 Å². The lowest BCUT2D eigenvalue weighted by Crippen LogP contribution is -1.93. The summed E-state index contributed by atoms with van der Waals surface area (Å²) < 4.78 is 1.99. The molecule has 0 radical (unpaired) electrons. The average molecular weight is 243 g/mol. The molecule has 1 aromatic heterocycles. The minimum Gasteiger partial charge on any atom is -0.250 e. The van der Waals surface area contributed by atoms with Crippen LogP contribution in [0.2, 0.25) is 0 Å². The molecule has 6 heteroatoms. The van der Waals surface area contributed by atoms with E-state index in [-0.39, 0.29) is 0 Å². The monoisotopic (exact) mass is 243 g/mol. The van der Waals surface area contributed by atoms with Crippen molar-refractivity contribution in [3.05, 3.63) is 46.0 Å². The summed E-state index contributed by atoms with van der Waals surface area (Å²) in [7, 11) is 0. The number of benzene rings is 1. The zero-order chi connectivity index (χ0) is 12.3. The Balaban J connectivity index is 2.27. The Labute approximate surface area is 103 Å². The Morgan fingerprint density at radius 2 is 2.18 bits per heavy atom. The summed E-state index contributed by atoms with van der Waals surface area (Å²) in [5.41, 5.74) is 1.52. The number of hydrogen-bond donors (Lipinski definition) is 1. The molecule has 1 heterocycles. The minimum absolute atomic E-state index is 0.451. The largest absolute Gasteiger partial charge is 0.250 e. The standard InChI is InChI=1S/C11H9N5S/c1-8-14-15-11(17)16(8)13-7-10-4-2-9(6-12)3-5-10/h2-5,7H,1H3,(H,15,17)/b13-7+. The van der Waals surface area contributed by atoms with Crippen molar-refractivity contribution in [2.75, 3.05) is 0 Å². The molecule has 1 aromatic carbocycles. The zero-order valence-electron chi connectivity index (χ0n) is 9.08. The summed E-state index contributed by atoms with van der Waals surface area (Å²) in [6, 6.07) is 9.18. The van der Waals surface area contributed by atoms with Crippen molar-refractivity contribution < 1.29 is 0 Å². The van der Waals surface area contributed by atoms with Crippen LogP contribution in [-0.2, 0) is 0 Å². The second-order valence-corrected chi connectivity index (χ2v) is 3.75. The minimum atomic E-state index is 0.451. The second kappa shape index (κ2) is 4.72. The highest BCUT2D eigenvalue weighted by Gasteiger charge is 1.97. The molecular weight excluding hydrogens is 234 g/mol. The number of aromatic amines is 1. The smallest absolute Gasteiger partial charge is 0.216 e. The van der Waals surface area contributed by atoms with Crippen molar-refractivity contribution in [2.24, 2.45) is 5.10 Å². The SMILES string of the molecule is Cc1n[nH]c(=S)n1/N=C/c1ccc(C#N)cc1. The molecule has 2 rings (SSSR count). The van der Waals surface area contributed by atoms with Crippen molar-refractivity contribution >= 4 is 18.4 Å². The molecule has 0 bridgehead atoms. The predicted octanol–water partition coefficient (Wildman–Crippen LogP) is 2.00. The molecule has 0 aliphatic carbocycles. The molecule has 0 unspecified atom stereocenters. The Morgan fingerprint density at radius 1 is 1.47 bits per heavy atom. The van der Waals surface area contributed by atoms with Gasteiger partial charge in [0, 0.05) is 0 Å². The normalized spacial score (nSPS) is 10.6. The van der Waals surface area contributed by atoms with Crippen LogP contribution in [0.4, 0.5) is 0 Å². The lowest BCUT2D eigenvalue weighted by molar-refractivity contribution is 0.821. The summed E-state index contributed by atoms with van der Waals surface area (Å²) in [6.07, 6.45) is 1.67. The number of nitriles is 1. The number of H-pyrrole nitrogens is 1. The van der Waals surface area contributed by atoms with E-state index < -0.39 is 0 Å². The lowest BCUT2D eigenvalue weighted by Gasteiger charge is -1.95. The maximum Gasteiger partial charge on any atom is 0.216 e. The fraction of sp³-hybridized carbons (Fsp3) is 0.0909. The topological polar surface area (TPSA) is 69.8 Å². The third-order valence-electron chi connectivity index (χ3n) is 2.17. The zero-order valence-corrected chi connectivity index (χ0v) is 9.90. The predicted molar refractivity (Wildman–Crippen MR) is 66.3 cm³/mol. The van der Waals surface area contributed by atoms with Crippen LogP contribution in [-0.4, -0.2) is 21.1 Å². The number of hydrogen-bond acceptors (Lipinski definition) is 4. The van der Waals surface area contributed by atoms with E-state index in [4.69, 9.17) is 17.5 Å². The van der Waals surface area contributed by atoms with Crippen molar-refractivity contribution in [1.82, 2.24) is 14.9 Å². The van der Waals surface area contributed by atoms with Gasteiger partial charge in [0.1, 0.15) is 5.82 Å². The summed E-state index contributed by atoms with van der Waals surface area (Å²) in [5, 5.41) is 19.5. The van der Waals surface area contributed by atoms with Gasteiger partial charge in [-0.3, -0.25) is 5.10 Å². The van der Waals surface area contributed by atoms with Gasteiger partial charge in [-0.05, 0) is 36.8 Å². The molecule has 0 atom stereocenters. The fourth-order valence-electron chi connectivity index (χ4n) is 1.27. The highest BCUT2D eigenvalue weighted by atomic mass is 32.1. The van der Waals surface area contributed by atoms with Crippen LogP contribution in [0.3, 0.4) is 0 Å². The molecule has 0 aliphatic rings. The van der Waals surface area contributed by atoms with E-state index >= 15 is 0 Å². The van der Waals surface area contributed by atoms with Gasteiger partial charge >= 0.3 is 0 Å². The van der Waals surface area contributed by atoms with Gasteiger partial charge in [-0.15, -0.1) is 0 Å². The maximum absolute atomic E-state index is 8.67. The molecule has 0 saturated heterocycles. The van der Waals surface area contributed by atoms with E-state index in [0.717, 1.165) is 5.56 Å². The molecule has 84 valence electrons. The van der Waals surface area contributed by atoms with E-state index in [9.17, 15) is 0 Å². The first kappa shape index (κ1) is 11.2. The van der Waals surface area contributed by atoms with Crippen LogP contribution in [0, 0.1) is 23.0 Å². The fourth-order valence-corrected chi connectivity index (χ4v) is 1.50. The Morgan fingerprint density at radius 3 is 2.71 bits per heavy atom. The summed E-state index contributed by atoms with van der Waals surface area (Å²) in [4.78, 5) is 0. The van der Waals surface area contributed by atoms with Crippen molar-refractivity contribution in [1.29, 1.82) is 5.26 Å². The van der Waals surface area contributed by atoms with Crippen LogP contribution in [0.15, 0.2) is 29.4 Å². The molecule has 1 N–H and O–H groups in total. The van der Waals surface area contributed by atoms with Crippen LogP contribution in [0.25, 0.3) is 0 Å². The maximum atomic E-state index is 8.67. The van der Waals surface area contributed by atoms with Crippen LogP contribution < -0.4 is 0 Å². The van der Waals surface area contributed by atoms with Gasteiger partial charge < -0.3 is 0 Å². The molecule has 2 aromatic rings. The molecule has 17 heavy (non-hydrogen) atoms. The van der Waals surface area contributed by atoms with E-state index in [0.29, 0.717) is 16.2 Å². The van der Waals surface area contributed by atoms with Gasteiger partial charge in [0.05, 0.1) is 17.8 Å². The Bertz CT molecular complexity index is 642. The van der Waals surface area contributed by atoms with Crippen LogP contribution >= 0.6 is 12.2 Å². The third-order valence-corrected chi connectivity index (χ3v) is 2.44. The quantitative estimate of drug-likeness (QED) is 0.648. The average Bonchev–Trinajstić information content (AvgIpc) is 2.67. The first-order chi connectivity index (χ1) is 8.20. The molecule has 5 nitrogen and oxygen atoms in total. The van der Waals surface area contributed by atoms with Gasteiger partial charge in [0.15, 0.2) is 0 Å². The molecule has 0 saturated carbocycles. The van der Waals surface area contributed by atoms with Gasteiger partial charge in [-0.25, -0.2) is 0 Å². The van der Waals surface area contributed by atoms with E-state index in [1.807, 2.05) is 19.1 Å². The van der Waals surface area contributed by atoms with Crippen molar-refractivity contribution in [3.63, 3.8) is 0 Å². The highest BCUT2D eigenvalue weighted by Crippen LogP contribution is 2.01. The Hall–Kier alpha value is -2.26. The van der Waals surface area contributed by atoms with Gasteiger partial charge in [-0.2, -0.15) is 20.1 Å². The Kier molecular flexibility index (Phi) is 3.12. The van der Waals surface area contributed by atoms with Gasteiger partial charge in [0.25, 0.3) is 0 Å². The van der Waals surface area contributed by atoms with E-state index in [1.54, 1.807) is 18.3 Å². The van der Waals surface area contributed by atoms with E-state index in [1.165, 1.54) is 4.68 Å². The molecule has 0 spiro atoms. The highest BCUT2D eigenvalue weighted by molar-refractivity contribution is 7.71. The van der Waals surface area contributed by atoms with Crippen molar-refractivity contribution in [2.45, 2.75) is 6.92 Å². The first-order valence-electron chi connectivity index (χ1n) is 4.89. The molecule has 0 fully saturated rings. The number of rotatable bonds is 2. The molecule has 0 aliphatic heterocycles. The lowest BCUT2D eigenvalue weighted by atomic mass is 10.2. The number of nitrogens with one attached hydrogen (secondary N) is 1. The molecular formula is C11H9N5S. The van der Waals surface area contributed by atoms with Crippen LogP contribution in [0.5, 0.6) is 0 Å². The third kappa shape index (κ3) is 2.46. The summed E-state index contributed by atoms with van der Waals surface area (Å²) in [5.74, 6) is 0.694. The second-order valence-electron chi connectivity index (χ2n) is 3.37. The number of aromatic nitrogens is 3. The van der Waals surface area contributed by atoms with Gasteiger partial charge in [0.2, 0.25) is 4.77 Å². The molecule has 0 amide bonds. The number of aryl methyl sites for hydroxylation is 1. The van der Waals surface area contributed by atoms with Gasteiger partial charge in [-0.1, -0.05) is 12.1 Å². The van der Waals surface area contributed by atoms with E-state index in [2.05, 4.69) is 21.4 Å². The summed E-state index contributed by atoms with van der Waals surface area (Å²) >= 11 is 5.02. The van der Waals surface area contributed by atoms with Crippen LogP contribution in [0.1, 0.15) is 17.0 Å². The number of nitrogens with zero attached hydrogens (tertiary/aromatic N) is 4.